The zero-order valence-electron chi connectivity index (χ0n) is 11.2. The molecule has 0 saturated carbocycles. The lowest BCUT2D eigenvalue weighted by Gasteiger charge is -2.21. The fraction of sp³-hybridized carbons (Fsp3) is 0.462. The number of thioether (sulfide) groups is 1. The number of hydrogen-bond donors (Lipinski definition) is 1. The maximum atomic E-state index is 12.7. The number of sulfonamides is 1. The first kappa shape index (κ1) is 15.3. The van der Waals surface area contributed by atoms with Crippen LogP contribution in [-0.2, 0) is 10.0 Å². The van der Waals surface area contributed by atoms with Crippen molar-refractivity contribution < 1.29 is 18.3 Å². The standard InChI is InChI=1S/C13H17NO4S2/c1-10-11(13(15)16)4-2-5-12(10)20(17,18)14-6-3-8-19-9-7-14/h2,4-5H,3,6-9H2,1H3,(H,15,16). The van der Waals surface area contributed by atoms with Gasteiger partial charge in [0.05, 0.1) is 10.5 Å². The van der Waals surface area contributed by atoms with Crippen molar-refractivity contribution in [3.8, 4) is 0 Å². The maximum Gasteiger partial charge on any atom is 0.335 e. The molecule has 0 bridgehead atoms. The average Bonchev–Trinajstić information content (AvgIpc) is 2.67. The molecular formula is C13H17NO4S2. The van der Waals surface area contributed by atoms with Crippen molar-refractivity contribution in [2.45, 2.75) is 18.2 Å². The van der Waals surface area contributed by atoms with E-state index in [9.17, 15) is 13.2 Å². The molecular weight excluding hydrogens is 298 g/mol. The number of rotatable bonds is 3. The molecule has 0 aromatic heterocycles. The van der Waals surface area contributed by atoms with Gasteiger partial charge in [-0.1, -0.05) is 6.07 Å². The third kappa shape index (κ3) is 2.99. The third-order valence-electron chi connectivity index (χ3n) is 3.31. The van der Waals surface area contributed by atoms with Gasteiger partial charge in [0.1, 0.15) is 0 Å². The molecule has 0 radical (unpaired) electrons. The highest BCUT2D eigenvalue weighted by Crippen LogP contribution is 2.24. The van der Waals surface area contributed by atoms with Crippen LogP contribution in [0, 0.1) is 6.92 Å². The van der Waals surface area contributed by atoms with Gasteiger partial charge in [-0.3, -0.25) is 0 Å². The summed E-state index contributed by atoms with van der Waals surface area (Å²) in [7, 11) is -3.62. The number of benzene rings is 1. The smallest absolute Gasteiger partial charge is 0.335 e. The first-order valence-electron chi connectivity index (χ1n) is 6.35. The van der Waals surface area contributed by atoms with E-state index in [-0.39, 0.29) is 10.5 Å². The zero-order valence-corrected chi connectivity index (χ0v) is 12.8. The molecule has 2 rings (SSSR count). The first-order valence-corrected chi connectivity index (χ1v) is 8.95. The molecule has 1 aromatic carbocycles. The van der Waals surface area contributed by atoms with Gasteiger partial charge in [0.25, 0.3) is 0 Å². The molecule has 1 heterocycles. The Morgan fingerprint density at radius 3 is 2.75 bits per heavy atom. The number of nitrogens with zero attached hydrogens (tertiary/aromatic N) is 1. The van der Waals surface area contributed by atoms with Crippen molar-refractivity contribution in [1.29, 1.82) is 0 Å². The fourth-order valence-corrected chi connectivity index (χ4v) is 4.96. The van der Waals surface area contributed by atoms with Crippen LogP contribution in [0.5, 0.6) is 0 Å². The second-order valence-electron chi connectivity index (χ2n) is 4.60. The molecule has 0 atom stereocenters. The van der Waals surface area contributed by atoms with Gasteiger partial charge in [-0.05, 0) is 36.8 Å². The molecule has 0 amide bonds. The third-order valence-corrected chi connectivity index (χ3v) is 6.41. The van der Waals surface area contributed by atoms with E-state index in [4.69, 9.17) is 5.11 Å². The Morgan fingerprint density at radius 2 is 2.05 bits per heavy atom. The molecule has 1 N–H and O–H groups in total. The Balaban J connectivity index is 2.43. The molecule has 20 heavy (non-hydrogen) atoms. The van der Waals surface area contributed by atoms with Crippen LogP contribution in [-0.4, -0.2) is 48.4 Å². The summed E-state index contributed by atoms with van der Waals surface area (Å²) in [6, 6.07) is 4.39. The van der Waals surface area contributed by atoms with Crippen molar-refractivity contribution in [2.75, 3.05) is 24.6 Å². The Kier molecular flexibility index (Phi) is 4.72. The second kappa shape index (κ2) is 6.15. The van der Waals surface area contributed by atoms with Gasteiger partial charge in [0, 0.05) is 18.8 Å². The predicted molar refractivity (Wildman–Crippen MR) is 78.8 cm³/mol. The average molecular weight is 315 g/mol. The van der Waals surface area contributed by atoms with Gasteiger partial charge in [-0.2, -0.15) is 16.1 Å². The molecule has 1 aliphatic rings. The largest absolute Gasteiger partial charge is 0.478 e. The highest BCUT2D eigenvalue weighted by Gasteiger charge is 2.28. The summed E-state index contributed by atoms with van der Waals surface area (Å²) in [6.07, 6.45) is 0.821. The van der Waals surface area contributed by atoms with Crippen molar-refractivity contribution in [3.63, 3.8) is 0 Å². The number of aromatic carboxylic acids is 1. The number of carbonyl (C=O) groups is 1. The van der Waals surface area contributed by atoms with E-state index >= 15 is 0 Å². The Hall–Kier alpha value is -1.05. The Morgan fingerprint density at radius 1 is 1.30 bits per heavy atom. The molecule has 1 aliphatic heterocycles. The highest BCUT2D eigenvalue weighted by molar-refractivity contribution is 7.99. The lowest BCUT2D eigenvalue weighted by molar-refractivity contribution is 0.0696. The Bertz CT molecular complexity index is 605. The van der Waals surface area contributed by atoms with Crippen LogP contribution in [0.15, 0.2) is 23.1 Å². The summed E-state index contributed by atoms with van der Waals surface area (Å²) >= 11 is 1.74. The SMILES string of the molecule is Cc1c(C(=O)O)cccc1S(=O)(=O)N1CCCSCC1. The van der Waals surface area contributed by atoms with Gasteiger partial charge in [0.15, 0.2) is 0 Å². The molecule has 0 spiro atoms. The minimum Gasteiger partial charge on any atom is -0.478 e. The zero-order chi connectivity index (χ0) is 14.8. The van der Waals surface area contributed by atoms with Crippen LogP contribution >= 0.6 is 11.8 Å². The van der Waals surface area contributed by atoms with E-state index in [1.54, 1.807) is 18.7 Å². The van der Waals surface area contributed by atoms with Gasteiger partial charge in [0.2, 0.25) is 10.0 Å². The van der Waals surface area contributed by atoms with Gasteiger partial charge in [-0.15, -0.1) is 0 Å². The van der Waals surface area contributed by atoms with Gasteiger partial charge < -0.3 is 5.11 Å². The molecule has 7 heteroatoms. The summed E-state index contributed by atoms with van der Waals surface area (Å²) in [6.45, 7) is 2.51. The topological polar surface area (TPSA) is 74.7 Å². The summed E-state index contributed by atoms with van der Waals surface area (Å²) < 4.78 is 26.8. The van der Waals surface area contributed by atoms with E-state index in [0.29, 0.717) is 18.7 Å². The molecule has 1 saturated heterocycles. The summed E-state index contributed by atoms with van der Waals surface area (Å²) in [4.78, 5) is 11.2. The van der Waals surface area contributed by atoms with Crippen LogP contribution in [0.25, 0.3) is 0 Å². The van der Waals surface area contributed by atoms with Gasteiger partial charge in [-0.25, -0.2) is 13.2 Å². The molecule has 1 aromatic rings. The van der Waals surface area contributed by atoms with Crippen molar-refractivity contribution in [1.82, 2.24) is 4.31 Å². The molecule has 1 fully saturated rings. The molecule has 0 unspecified atom stereocenters. The number of carboxylic acid groups (broad SMARTS) is 1. The molecule has 110 valence electrons. The van der Waals surface area contributed by atoms with E-state index in [2.05, 4.69) is 0 Å². The Labute approximate surface area is 123 Å². The minimum atomic E-state index is -3.62. The van der Waals surface area contributed by atoms with E-state index in [1.807, 2.05) is 0 Å². The van der Waals surface area contributed by atoms with Crippen molar-refractivity contribution in [3.05, 3.63) is 29.3 Å². The van der Waals surface area contributed by atoms with Crippen LogP contribution in [0.1, 0.15) is 22.3 Å². The summed E-state index contributed by atoms with van der Waals surface area (Å²) in [5, 5.41) is 9.10. The van der Waals surface area contributed by atoms with Crippen LogP contribution < -0.4 is 0 Å². The maximum absolute atomic E-state index is 12.7. The van der Waals surface area contributed by atoms with E-state index < -0.39 is 16.0 Å². The second-order valence-corrected chi connectivity index (χ2v) is 7.73. The number of hydrogen-bond acceptors (Lipinski definition) is 4. The first-order chi connectivity index (χ1) is 9.44. The molecule has 5 nitrogen and oxygen atoms in total. The summed E-state index contributed by atoms with van der Waals surface area (Å²) in [5.74, 6) is 0.628. The van der Waals surface area contributed by atoms with Crippen molar-refractivity contribution >= 4 is 27.8 Å². The van der Waals surface area contributed by atoms with E-state index in [0.717, 1.165) is 17.9 Å². The summed E-state index contributed by atoms with van der Waals surface area (Å²) in [5.41, 5.74) is 0.340. The van der Waals surface area contributed by atoms with Crippen LogP contribution in [0.4, 0.5) is 0 Å². The van der Waals surface area contributed by atoms with Crippen molar-refractivity contribution in [2.24, 2.45) is 0 Å². The lowest BCUT2D eigenvalue weighted by atomic mass is 10.1. The van der Waals surface area contributed by atoms with E-state index in [1.165, 1.54) is 22.5 Å². The molecule has 0 aliphatic carbocycles. The monoisotopic (exact) mass is 315 g/mol. The normalized spacial score (nSPS) is 17.6. The lowest BCUT2D eigenvalue weighted by Crippen LogP contribution is -2.33. The van der Waals surface area contributed by atoms with Crippen LogP contribution in [0.3, 0.4) is 0 Å². The predicted octanol–water partition coefficient (Wildman–Crippen LogP) is 1.82. The number of carboxylic acids is 1. The van der Waals surface area contributed by atoms with Gasteiger partial charge >= 0.3 is 5.97 Å². The van der Waals surface area contributed by atoms with Crippen LogP contribution in [0.2, 0.25) is 0 Å². The minimum absolute atomic E-state index is 0.0373. The quantitative estimate of drug-likeness (QED) is 0.921. The highest BCUT2D eigenvalue weighted by atomic mass is 32.2. The fourth-order valence-electron chi connectivity index (χ4n) is 2.23.